The number of benzene rings is 1. The number of rotatable bonds is 7. The van der Waals surface area contributed by atoms with E-state index in [2.05, 4.69) is 11.9 Å². The van der Waals surface area contributed by atoms with Crippen LogP contribution in [0.4, 0.5) is 0 Å². The Labute approximate surface area is 136 Å². The van der Waals surface area contributed by atoms with Crippen LogP contribution in [0.25, 0.3) is 6.08 Å². The summed E-state index contributed by atoms with van der Waals surface area (Å²) < 4.78 is 5.35. The van der Waals surface area contributed by atoms with E-state index in [-0.39, 0.29) is 18.2 Å². The van der Waals surface area contributed by atoms with Crippen molar-refractivity contribution in [3.05, 3.63) is 47.6 Å². The molecule has 0 bridgehead atoms. The minimum Gasteiger partial charge on any atom is -0.478 e. The quantitative estimate of drug-likeness (QED) is 0.476. The highest BCUT2D eigenvalue weighted by atomic mass is 16.5. The Morgan fingerprint density at radius 1 is 1.43 bits per heavy atom. The van der Waals surface area contributed by atoms with Gasteiger partial charge in [0.25, 0.3) is 5.91 Å². The van der Waals surface area contributed by atoms with E-state index in [0.29, 0.717) is 17.7 Å². The predicted octanol–water partition coefficient (Wildman–Crippen LogP) is 2.75. The Balaban J connectivity index is 3.12. The number of hydrogen-bond acceptors (Lipinski definition) is 4. The first-order chi connectivity index (χ1) is 11.0. The molecule has 5 nitrogen and oxygen atoms in total. The topological polar surface area (TPSA) is 85.9 Å². The van der Waals surface area contributed by atoms with Crippen LogP contribution in [0.5, 0.6) is 5.75 Å². The molecule has 0 radical (unpaired) electrons. The number of carbonyl (C=O) groups excluding carboxylic acids is 1. The normalized spacial score (nSPS) is 10.6. The van der Waals surface area contributed by atoms with Gasteiger partial charge in [-0.05, 0) is 49.6 Å². The van der Waals surface area contributed by atoms with Crippen LogP contribution in [-0.4, -0.2) is 18.6 Å². The Morgan fingerprint density at radius 2 is 2.17 bits per heavy atom. The highest BCUT2D eigenvalue weighted by Gasteiger charge is 2.11. The maximum Gasteiger partial charge on any atom is 0.262 e. The minimum atomic E-state index is -0.405. The number of ether oxygens (including phenoxy) is 1. The van der Waals surface area contributed by atoms with Crippen LogP contribution in [0.15, 0.2) is 36.4 Å². The molecule has 0 fully saturated rings. The minimum absolute atomic E-state index is 0.0361. The van der Waals surface area contributed by atoms with E-state index < -0.39 is 5.91 Å². The molecule has 1 rings (SSSR count). The highest BCUT2D eigenvalue weighted by Crippen LogP contribution is 2.22. The Kier molecular flexibility index (Phi) is 7.10. The van der Waals surface area contributed by atoms with Crippen molar-refractivity contribution in [2.24, 2.45) is 0 Å². The molecule has 0 aliphatic carbocycles. The smallest absolute Gasteiger partial charge is 0.262 e. The van der Waals surface area contributed by atoms with Gasteiger partial charge in [-0.2, -0.15) is 10.5 Å². The molecule has 0 heterocycles. The van der Waals surface area contributed by atoms with E-state index in [9.17, 15) is 4.79 Å². The largest absolute Gasteiger partial charge is 0.478 e. The van der Waals surface area contributed by atoms with E-state index in [1.54, 1.807) is 18.2 Å². The average Bonchev–Trinajstić information content (AvgIpc) is 2.51. The molecule has 1 aromatic carbocycles. The zero-order valence-electron chi connectivity index (χ0n) is 13.3. The lowest BCUT2D eigenvalue weighted by molar-refractivity contribution is -0.117. The van der Waals surface area contributed by atoms with Gasteiger partial charge in [-0.1, -0.05) is 12.1 Å². The van der Waals surface area contributed by atoms with E-state index in [0.717, 1.165) is 5.56 Å². The third-order valence-corrected chi connectivity index (χ3v) is 2.84. The van der Waals surface area contributed by atoms with Gasteiger partial charge < -0.3 is 10.1 Å². The highest BCUT2D eigenvalue weighted by molar-refractivity contribution is 6.01. The van der Waals surface area contributed by atoms with Crippen molar-refractivity contribution < 1.29 is 9.53 Å². The number of carbonyl (C=O) groups is 1. The van der Waals surface area contributed by atoms with Gasteiger partial charge in [-0.25, -0.2) is 0 Å². The van der Waals surface area contributed by atoms with Gasteiger partial charge in [0.2, 0.25) is 0 Å². The monoisotopic (exact) mass is 309 g/mol. The number of nitrogens with zero attached hydrogens (tertiary/aromatic N) is 2. The van der Waals surface area contributed by atoms with Crippen LogP contribution < -0.4 is 10.1 Å². The molecule has 1 aromatic rings. The summed E-state index contributed by atoms with van der Waals surface area (Å²) in [6.07, 6.45) is 3.81. The molecule has 0 saturated heterocycles. The summed E-state index contributed by atoms with van der Waals surface area (Å²) in [7, 11) is 0. The fourth-order valence-corrected chi connectivity index (χ4v) is 1.91. The molecule has 0 atom stereocenters. The first-order valence-electron chi connectivity index (χ1n) is 7.18. The SMILES string of the molecule is C=CCc1cc(/C=C(/C#N)C(=O)NC(C)C)ccc1OCC#N. The first-order valence-corrected chi connectivity index (χ1v) is 7.18. The van der Waals surface area contributed by atoms with Crippen molar-refractivity contribution >= 4 is 12.0 Å². The number of hydrogen-bond donors (Lipinski definition) is 1. The van der Waals surface area contributed by atoms with Crippen molar-refractivity contribution in [1.29, 1.82) is 10.5 Å². The van der Waals surface area contributed by atoms with Gasteiger partial charge in [0, 0.05) is 6.04 Å². The Morgan fingerprint density at radius 3 is 2.74 bits per heavy atom. The molecule has 0 saturated carbocycles. The van der Waals surface area contributed by atoms with Gasteiger partial charge in [-0.15, -0.1) is 6.58 Å². The van der Waals surface area contributed by atoms with Gasteiger partial charge in [-0.3, -0.25) is 4.79 Å². The van der Waals surface area contributed by atoms with Crippen molar-refractivity contribution in [3.63, 3.8) is 0 Å². The van der Waals surface area contributed by atoms with E-state index >= 15 is 0 Å². The molecule has 1 N–H and O–H groups in total. The average molecular weight is 309 g/mol. The Bertz CT molecular complexity index is 691. The number of nitriles is 2. The van der Waals surface area contributed by atoms with Gasteiger partial charge >= 0.3 is 0 Å². The lowest BCUT2D eigenvalue weighted by atomic mass is 10.0. The summed E-state index contributed by atoms with van der Waals surface area (Å²) in [5.74, 6) is 0.186. The van der Waals surface area contributed by atoms with Gasteiger partial charge in [0.1, 0.15) is 23.5 Å². The molecule has 0 spiro atoms. The summed E-state index contributed by atoms with van der Waals surface area (Å²) in [6, 6.07) is 9.05. The summed E-state index contributed by atoms with van der Waals surface area (Å²) in [4.78, 5) is 11.9. The molecule has 0 aliphatic rings. The third kappa shape index (κ3) is 5.68. The Hall–Kier alpha value is -3.05. The van der Waals surface area contributed by atoms with E-state index in [4.69, 9.17) is 15.3 Å². The zero-order valence-corrected chi connectivity index (χ0v) is 13.3. The van der Waals surface area contributed by atoms with Crippen LogP contribution in [0.1, 0.15) is 25.0 Å². The van der Waals surface area contributed by atoms with E-state index in [1.165, 1.54) is 6.08 Å². The van der Waals surface area contributed by atoms with Crippen LogP contribution in [0, 0.1) is 22.7 Å². The molecule has 1 amide bonds. The third-order valence-electron chi connectivity index (χ3n) is 2.84. The van der Waals surface area contributed by atoms with Crippen LogP contribution in [0.2, 0.25) is 0 Å². The van der Waals surface area contributed by atoms with Gasteiger partial charge in [0.05, 0.1) is 0 Å². The van der Waals surface area contributed by atoms with Crippen molar-refractivity contribution in [2.45, 2.75) is 26.3 Å². The molecule has 0 unspecified atom stereocenters. The van der Waals surface area contributed by atoms with Crippen LogP contribution in [-0.2, 0) is 11.2 Å². The summed E-state index contributed by atoms with van der Waals surface area (Å²) in [6.45, 7) is 7.31. The lowest BCUT2D eigenvalue weighted by Crippen LogP contribution is -2.30. The first kappa shape index (κ1) is 18.0. The molecule has 23 heavy (non-hydrogen) atoms. The van der Waals surface area contributed by atoms with Crippen LogP contribution >= 0.6 is 0 Å². The molecular weight excluding hydrogens is 290 g/mol. The molecule has 5 heteroatoms. The molecule has 118 valence electrons. The fraction of sp³-hybridized carbons (Fsp3) is 0.278. The second kappa shape index (κ2) is 9.07. The lowest BCUT2D eigenvalue weighted by Gasteiger charge is -2.10. The van der Waals surface area contributed by atoms with E-state index in [1.807, 2.05) is 32.1 Å². The zero-order chi connectivity index (χ0) is 17.2. The predicted molar refractivity (Wildman–Crippen MR) is 88.3 cm³/mol. The summed E-state index contributed by atoms with van der Waals surface area (Å²) in [5.41, 5.74) is 1.58. The fourth-order valence-electron chi connectivity index (χ4n) is 1.91. The summed E-state index contributed by atoms with van der Waals surface area (Å²) >= 11 is 0. The number of amides is 1. The van der Waals surface area contributed by atoms with Crippen molar-refractivity contribution in [3.8, 4) is 17.9 Å². The standard InChI is InChI=1S/C18H19N3O2/c1-4-5-15-10-14(6-7-17(15)23-9-8-19)11-16(12-20)18(22)21-13(2)3/h4,6-7,10-11,13H,1,5,9H2,2-3H3,(H,21,22)/b16-11-. The maximum absolute atomic E-state index is 11.9. The van der Waals surface area contributed by atoms with Gasteiger partial charge in [0.15, 0.2) is 6.61 Å². The maximum atomic E-state index is 11.9. The number of allylic oxidation sites excluding steroid dienone is 1. The molecule has 0 aromatic heterocycles. The van der Waals surface area contributed by atoms with Crippen molar-refractivity contribution in [2.75, 3.05) is 6.61 Å². The molecular formula is C18H19N3O2. The van der Waals surface area contributed by atoms with Crippen molar-refractivity contribution in [1.82, 2.24) is 5.32 Å². The second-order valence-electron chi connectivity index (χ2n) is 5.10. The molecule has 0 aliphatic heterocycles. The second-order valence-corrected chi connectivity index (χ2v) is 5.10. The van der Waals surface area contributed by atoms with Crippen LogP contribution in [0.3, 0.4) is 0 Å². The number of nitrogens with one attached hydrogen (secondary N) is 1. The summed E-state index contributed by atoms with van der Waals surface area (Å²) in [5, 5.41) is 20.4.